The smallest absolute Gasteiger partial charge is 0.135 e. The molecule has 0 unspecified atom stereocenters. The van der Waals surface area contributed by atoms with Crippen molar-refractivity contribution in [2.45, 2.75) is 0 Å². The van der Waals surface area contributed by atoms with Crippen LogP contribution in [0.4, 0.5) is 17.1 Å². The number of fused-ring (bicyclic) bond motifs is 4. The molecule has 0 aliphatic rings. The van der Waals surface area contributed by atoms with Gasteiger partial charge in [-0.15, -0.1) is 0 Å². The quantitative estimate of drug-likeness (QED) is 0.162. The van der Waals surface area contributed by atoms with Gasteiger partial charge in [-0.05, 0) is 121 Å². The third-order valence-electron chi connectivity index (χ3n) is 11.4. The van der Waals surface area contributed by atoms with Crippen LogP contribution in [0.2, 0.25) is 0 Å². The number of anilines is 3. The van der Waals surface area contributed by atoms with Gasteiger partial charge >= 0.3 is 0 Å². The lowest BCUT2D eigenvalue weighted by molar-refractivity contribution is 0.631. The van der Waals surface area contributed by atoms with Crippen molar-refractivity contribution in [1.29, 1.82) is 0 Å². The Morgan fingerprint density at radius 2 is 0.810 bits per heavy atom. The zero-order valence-electron chi connectivity index (χ0n) is 31.7. The first-order valence-electron chi connectivity index (χ1n) is 19.8. The molecule has 0 spiro atoms. The van der Waals surface area contributed by atoms with Crippen molar-refractivity contribution in [2.75, 3.05) is 4.90 Å². The van der Waals surface area contributed by atoms with Crippen molar-refractivity contribution >= 4 is 60.3 Å². The molecule has 2 heteroatoms. The molecule has 272 valence electrons. The average molecular weight is 740 g/mol. The molecule has 0 radical (unpaired) electrons. The molecule has 1 aromatic heterocycles. The highest BCUT2D eigenvalue weighted by molar-refractivity contribution is 6.06. The maximum absolute atomic E-state index is 6.29. The average Bonchev–Trinajstić information content (AvgIpc) is 3.74. The van der Waals surface area contributed by atoms with Crippen LogP contribution in [0.3, 0.4) is 0 Å². The summed E-state index contributed by atoms with van der Waals surface area (Å²) in [4.78, 5) is 2.39. The van der Waals surface area contributed by atoms with Crippen LogP contribution >= 0.6 is 0 Å². The van der Waals surface area contributed by atoms with Crippen LogP contribution in [0.5, 0.6) is 0 Å². The van der Waals surface area contributed by atoms with Crippen molar-refractivity contribution in [3.8, 4) is 44.7 Å². The normalized spacial score (nSPS) is 11.4. The first kappa shape index (κ1) is 33.6. The van der Waals surface area contributed by atoms with Crippen LogP contribution in [-0.4, -0.2) is 0 Å². The SMILES string of the molecule is c1cc(-c2cc3ccccc3o2)cc(-c2ccc(N(c3ccc(-c4ccc5ccccc5c4)cc3)c3ccc(-c4ccc5ccccc5c4)cc3)c3ccccc23)c1. The van der Waals surface area contributed by atoms with E-state index in [0.717, 1.165) is 44.9 Å². The van der Waals surface area contributed by atoms with Gasteiger partial charge in [0.1, 0.15) is 11.3 Å². The number of furan rings is 1. The molecule has 0 amide bonds. The van der Waals surface area contributed by atoms with Gasteiger partial charge in [0.25, 0.3) is 0 Å². The van der Waals surface area contributed by atoms with Crippen LogP contribution in [0, 0.1) is 0 Å². The number of hydrogen-bond acceptors (Lipinski definition) is 2. The van der Waals surface area contributed by atoms with Crippen LogP contribution in [0.25, 0.3) is 88.0 Å². The Bertz CT molecular complexity index is 3130. The van der Waals surface area contributed by atoms with E-state index in [1.54, 1.807) is 0 Å². The molecular formula is C56H37NO. The van der Waals surface area contributed by atoms with E-state index in [0.29, 0.717) is 0 Å². The Hall–Kier alpha value is -7.68. The third kappa shape index (κ3) is 6.09. The highest BCUT2D eigenvalue weighted by atomic mass is 16.3. The van der Waals surface area contributed by atoms with Gasteiger partial charge in [-0.2, -0.15) is 0 Å². The Kier molecular flexibility index (Phi) is 8.19. The number of nitrogens with zero attached hydrogens (tertiary/aromatic N) is 1. The second kappa shape index (κ2) is 14.1. The molecule has 0 saturated heterocycles. The van der Waals surface area contributed by atoms with E-state index in [1.807, 2.05) is 18.2 Å². The predicted octanol–water partition coefficient (Wildman–Crippen LogP) is 16.0. The molecule has 0 saturated carbocycles. The van der Waals surface area contributed by atoms with Gasteiger partial charge in [0.15, 0.2) is 0 Å². The summed E-state index contributed by atoms with van der Waals surface area (Å²) in [6.07, 6.45) is 0. The summed E-state index contributed by atoms with van der Waals surface area (Å²) in [5.74, 6) is 0.870. The fourth-order valence-electron chi connectivity index (χ4n) is 8.46. The molecule has 58 heavy (non-hydrogen) atoms. The lowest BCUT2D eigenvalue weighted by Gasteiger charge is -2.28. The van der Waals surface area contributed by atoms with Crippen LogP contribution < -0.4 is 4.90 Å². The summed E-state index contributed by atoms with van der Waals surface area (Å²) in [5.41, 5.74) is 12.4. The Morgan fingerprint density at radius 3 is 1.43 bits per heavy atom. The molecule has 0 aliphatic carbocycles. The maximum Gasteiger partial charge on any atom is 0.135 e. The summed E-state index contributed by atoms with van der Waals surface area (Å²) in [6.45, 7) is 0. The van der Waals surface area contributed by atoms with Crippen molar-refractivity contribution in [3.05, 3.63) is 224 Å². The molecule has 0 aliphatic heterocycles. The molecule has 0 bridgehead atoms. The summed E-state index contributed by atoms with van der Waals surface area (Å²) >= 11 is 0. The van der Waals surface area contributed by atoms with Gasteiger partial charge in [0.2, 0.25) is 0 Å². The molecule has 0 N–H and O–H groups in total. The summed E-state index contributed by atoms with van der Waals surface area (Å²) in [6, 6.07) is 80.8. The van der Waals surface area contributed by atoms with Gasteiger partial charge in [-0.25, -0.2) is 0 Å². The van der Waals surface area contributed by atoms with Crippen molar-refractivity contribution in [2.24, 2.45) is 0 Å². The van der Waals surface area contributed by atoms with Gasteiger partial charge < -0.3 is 9.32 Å². The first-order valence-corrected chi connectivity index (χ1v) is 19.8. The number of rotatable bonds is 7. The third-order valence-corrected chi connectivity index (χ3v) is 11.4. The molecule has 0 atom stereocenters. The largest absolute Gasteiger partial charge is 0.456 e. The summed E-state index contributed by atoms with van der Waals surface area (Å²) < 4.78 is 6.29. The monoisotopic (exact) mass is 739 g/mol. The van der Waals surface area contributed by atoms with E-state index in [2.05, 4.69) is 211 Å². The zero-order chi connectivity index (χ0) is 38.4. The Labute approximate surface area is 337 Å². The summed E-state index contributed by atoms with van der Waals surface area (Å²) in [5, 5.41) is 8.45. The van der Waals surface area contributed by atoms with Crippen LogP contribution in [0.1, 0.15) is 0 Å². The van der Waals surface area contributed by atoms with Crippen molar-refractivity contribution in [3.63, 3.8) is 0 Å². The van der Waals surface area contributed by atoms with E-state index >= 15 is 0 Å². The molecule has 11 rings (SSSR count). The Balaban J connectivity index is 1.02. The zero-order valence-corrected chi connectivity index (χ0v) is 31.7. The lowest BCUT2D eigenvalue weighted by Crippen LogP contribution is -2.10. The van der Waals surface area contributed by atoms with E-state index in [9.17, 15) is 0 Å². The van der Waals surface area contributed by atoms with Crippen molar-refractivity contribution in [1.82, 2.24) is 0 Å². The minimum absolute atomic E-state index is 0.870. The second-order valence-corrected chi connectivity index (χ2v) is 15.0. The first-order chi connectivity index (χ1) is 28.7. The molecule has 10 aromatic carbocycles. The fourth-order valence-corrected chi connectivity index (χ4v) is 8.46. The second-order valence-electron chi connectivity index (χ2n) is 15.0. The number of benzene rings is 10. The van der Waals surface area contributed by atoms with Crippen LogP contribution in [-0.2, 0) is 0 Å². The van der Waals surface area contributed by atoms with Crippen LogP contribution in [0.15, 0.2) is 229 Å². The Morgan fingerprint density at radius 1 is 0.293 bits per heavy atom. The predicted molar refractivity (Wildman–Crippen MR) is 245 cm³/mol. The molecule has 2 nitrogen and oxygen atoms in total. The summed E-state index contributed by atoms with van der Waals surface area (Å²) in [7, 11) is 0. The lowest BCUT2D eigenvalue weighted by atomic mass is 9.94. The topological polar surface area (TPSA) is 16.4 Å². The molecule has 1 heterocycles. The minimum atomic E-state index is 0.870. The van der Waals surface area contributed by atoms with Gasteiger partial charge in [0.05, 0.1) is 5.69 Å². The van der Waals surface area contributed by atoms with Crippen molar-refractivity contribution < 1.29 is 4.42 Å². The highest BCUT2D eigenvalue weighted by Gasteiger charge is 2.19. The maximum atomic E-state index is 6.29. The minimum Gasteiger partial charge on any atom is -0.456 e. The molecule has 11 aromatic rings. The fraction of sp³-hybridized carbons (Fsp3) is 0. The van der Waals surface area contributed by atoms with E-state index in [1.165, 1.54) is 60.1 Å². The van der Waals surface area contributed by atoms with Gasteiger partial charge in [0, 0.05) is 27.7 Å². The molecular weight excluding hydrogens is 703 g/mol. The number of para-hydroxylation sites is 1. The van der Waals surface area contributed by atoms with Gasteiger partial charge in [-0.1, -0.05) is 164 Å². The number of hydrogen-bond donors (Lipinski definition) is 0. The van der Waals surface area contributed by atoms with Gasteiger partial charge in [-0.3, -0.25) is 0 Å². The van der Waals surface area contributed by atoms with E-state index in [-0.39, 0.29) is 0 Å². The highest BCUT2D eigenvalue weighted by Crippen LogP contribution is 2.43. The molecule has 0 fully saturated rings. The standard InChI is InChI=1S/C56H37NO/c1-3-12-42-34-44(22-20-38(42)10-1)40-24-28-49(29-25-40)57(50-30-26-41(27-31-50)45-23-21-39-11-2-4-13-43(39)35-45)54-33-32-51(52-17-6-7-18-53(52)54)46-15-9-16-47(36-46)56-37-48-14-5-8-19-55(48)58-56/h1-37H. The van der Waals surface area contributed by atoms with E-state index < -0.39 is 0 Å². The van der Waals surface area contributed by atoms with E-state index in [4.69, 9.17) is 4.42 Å².